The highest BCUT2D eigenvalue weighted by Gasteiger charge is 2.34. The average molecular weight is 905 g/mol. The number of nitrogens with one attached hydrogen (secondary N) is 3. The van der Waals surface area contributed by atoms with Gasteiger partial charge in [0.25, 0.3) is 0 Å². The van der Waals surface area contributed by atoms with Crippen LogP contribution in [0.1, 0.15) is 69.5 Å². The SMILES string of the molecule is CC(C)C[C@@H](NC(=O)[C@@H](Cc1ccccc1)NC(=O)[C@H](N)Cc1ccccc1)C(=O)N[C@H](CCCCN)C(=O)N1CCC(n2cc(-c3ccccc3)n(I)c2=O)CC1. The number of rotatable bonds is 19. The van der Waals surface area contributed by atoms with E-state index in [1.165, 1.54) is 0 Å². The van der Waals surface area contributed by atoms with Gasteiger partial charge >= 0.3 is 5.69 Å². The number of hydrogen-bond acceptors (Lipinski definition) is 7. The van der Waals surface area contributed by atoms with Crippen molar-refractivity contribution >= 4 is 46.5 Å². The Balaban J connectivity index is 1.27. The number of benzene rings is 3. The number of nitrogens with two attached hydrogens (primary N) is 2. The number of hydrogen-bond donors (Lipinski definition) is 5. The van der Waals surface area contributed by atoms with Crippen LogP contribution in [-0.2, 0) is 32.0 Å². The molecular formula is C44H57IN8O5. The third kappa shape index (κ3) is 12.4. The van der Waals surface area contributed by atoms with Gasteiger partial charge in [-0.3, -0.25) is 23.7 Å². The molecule has 0 bridgehead atoms. The highest BCUT2D eigenvalue weighted by molar-refractivity contribution is 14.1. The second-order valence-electron chi connectivity index (χ2n) is 15.5. The van der Waals surface area contributed by atoms with Crippen molar-refractivity contribution in [3.8, 4) is 11.3 Å². The minimum Gasteiger partial charge on any atom is -0.343 e. The average Bonchev–Trinajstić information content (AvgIpc) is 3.53. The van der Waals surface area contributed by atoms with Crippen molar-refractivity contribution in [2.45, 2.75) is 95.4 Å². The smallest absolute Gasteiger partial charge is 0.337 e. The van der Waals surface area contributed by atoms with Crippen LogP contribution in [0.5, 0.6) is 0 Å². The lowest BCUT2D eigenvalue weighted by atomic mass is 9.99. The molecule has 1 fully saturated rings. The molecule has 0 spiro atoms. The molecule has 0 aliphatic carbocycles. The summed E-state index contributed by atoms with van der Waals surface area (Å²) in [6.45, 7) is 5.20. The first-order valence-corrected chi connectivity index (χ1v) is 21.2. The predicted molar refractivity (Wildman–Crippen MR) is 235 cm³/mol. The molecule has 1 aromatic heterocycles. The Bertz CT molecular complexity index is 2000. The molecule has 4 atom stereocenters. The topological polar surface area (TPSA) is 187 Å². The van der Waals surface area contributed by atoms with Gasteiger partial charge in [0.15, 0.2) is 0 Å². The van der Waals surface area contributed by atoms with Crippen LogP contribution in [0.4, 0.5) is 0 Å². The lowest BCUT2D eigenvalue weighted by Gasteiger charge is -2.35. The second-order valence-corrected chi connectivity index (χ2v) is 16.5. The lowest BCUT2D eigenvalue weighted by Crippen LogP contribution is -2.59. The van der Waals surface area contributed by atoms with Crippen LogP contribution in [0.15, 0.2) is 102 Å². The Morgan fingerprint density at radius 2 is 1.28 bits per heavy atom. The number of carbonyl (C=O) groups excluding carboxylic acids is 4. The van der Waals surface area contributed by atoms with Gasteiger partial charge in [-0.05, 0) is 68.5 Å². The fourth-order valence-corrected chi connectivity index (χ4v) is 8.03. The van der Waals surface area contributed by atoms with E-state index in [1.54, 1.807) is 12.2 Å². The number of carbonyl (C=O) groups is 4. The summed E-state index contributed by atoms with van der Waals surface area (Å²) in [5.74, 6) is -1.66. The maximum atomic E-state index is 14.1. The number of halogens is 1. The van der Waals surface area contributed by atoms with Crippen molar-refractivity contribution in [1.82, 2.24) is 28.2 Å². The molecule has 13 nitrogen and oxygen atoms in total. The van der Waals surface area contributed by atoms with Crippen LogP contribution in [-0.4, -0.2) is 79.7 Å². The molecule has 7 N–H and O–H groups in total. The minimum absolute atomic E-state index is 0.0196. The highest BCUT2D eigenvalue weighted by Crippen LogP contribution is 2.27. The number of likely N-dealkylation sites (tertiary alicyclic amines) is 1. The van der Waals surface area contributed by atoms with E-state index in [4.69, 9.17) is 11.5 Å². The Labute approximate surface area is 354 Å². The van der Waals surface area contributed by atoms with E-state index in [1.807, 2.05) is 134 Å². The minimum atomic E-state index is -1.01. The first-order valence-electron chi connectivity index (χ1n) is 20.2. The zero-order valence-corrected chi connectivity index (χ0v) is 35.6. The van der Waals surface area contributed by atoms with E-state index in [0.717, 1.165) is 22.4 Å². The standard InChI is InChI=1S/C44H57IN8O5/c1-30(2)26-37(50-42(56)38(28-32-16-8-4-9-17-32)49-40(54)35(47)27-31-14-6-3-7-15-31)41(55)48-36(20-12-13-23-46)43(57)51-24-21-34(22-25-51)52-29-39(53(45)44(52)58)33-18-10-5-11-19-33/h3-11,14-19,29-30,34-38H,12-13,20-28,46-47H2,1-2H3,(H,48,55)(H,49,54)(H,50,56)/t35-,36-,37-,38-/m1/s1. The van der Waals surface area contributed by atoms with Crippen molar-refractivity contribution < 1.29 is 19.2 Å². The third-order valence-electron chi connectivity index (χ3n) is 10.6. The monoisotopic (exact) mass is 904 g/mol. The summed E-state index contributed by atoms with van der Waals surface area (Å²) in [4.78, 5) is 70.7. The molecular weight excluding hydrogens is 847 g/mol. The summed E-state index contributed by atoms with van der Waals surface area (Å²) < 4.78 is 3.39. The summed E-state index contributed by atoms with van der Waals surface area (Å²) in [5, 5.41) is 8.75. The van der Waals surface area contributed by atoms with Crippen LogP contribution in [0.2, 0.25) is 0 Å². The number of piperidine rings is 1. The molecule has 1 aliphatic rings. The number of unbranched alkanes of at least 4 members (excludes halogenated alkanes) is 1. The summed E-state index contributed by atoms with van der Waals surface area (Å²) in [6.07, 6.45) is 5.53. The van der Waals surface area contributed by atoms with Gasteiger partial charge in [-0.15, -0.1) is 0 Å². The van der Waals surface area contributed by atoms with Crippen molar-refractivity contribution in [3.63, 3.8) is 0 Å². The number of imidazole rings is 1. The molecule has 1 aliphatic heterocycles. The Hall–Kier alpha value is -4.80. The highest BCUT2D eigenvalue weighted by atomic mass is 127. The summed E-state index contributed by atoms with van der Waals surface area (Å²) in [7, 11) is 0. The maximum absolute atomic E-state index is 14.1. The van der Waals surface area contributed by atoms with E-state index in [-0.39, 0.29) is 30.0 Å². The van der Waals surface area contributed by atoms with Gasteiger partial charge in [-0.2, -0.15) is 0 Å². The maximum Gasteiger partial charge on any atom is 0.337 e. The molecule has 5 rings (SSSR count). The van der Waals surface area contributed by atoms with Gasteiger partial charge in [0.1, 0.15) is 18.1 Å². The van der Waals surface area contributed by atoms with E-state index in [0.29, 0.717) is 64.6 Å². The van der Waals surface area contributed by atoms with Gasteiger partial charge in [0.05, 0.1) is 34.6 Å². The van der Waals surface area contributed by atoms with Crippen molar-refractivity contribution in [2.75, 3.05) is 19.6 Å². The van der Waals surface area contributed by atoms with E-state index < -0.39 is 41.9 Å². The van der Waals surface area contributed by atoms with Crippen molar-refractivity contribution in [2.24, 2.45) is 17.4 Å². The summed E-state index contributed by atoms with van der Waals surface area (Å²) in [6, 6.07) is 24.7. The molecule has 1 saturated heterocycles. The molecule has 2 heterocycles. The van der Waals surface area contributed by atoms with Crippen LogP contribution in [0, 0.1) is 5.92 Å². The zero-order valence-electron chi connectivity index (χ0n) is 33.4. The van der Waals surface area contributed by atoms with E-state index >= 15 is 0 Å². The van der Waals surface area contributed by atoms with Crippen molar-refractivity contribution in [1.29, 1.82) is 0 Å². The lowest BCUT2D eigenvalue weighted by molar-refractivity contribution is -0.139. The second kappa shape index (κ2) is 21.8. The van der Waals surface area contributed by atoms with Crippen LogP contribution < -0.4 is 33.1 Å². The Kier molecular flexibility index (Phi) is 16.7. The Morgan fingerprint density at radius 1 is 0.741 bits per heavy atom. The third-order valence-corrected chi connectivity index (χ3v) is 11.5. The fourth-order valence-electron chi connectivity index (χ4n) is 7.38. The predicted octanol–water partition coefficient (Wildman–Crippen LogP) is 4.12. The summed E-state index contributed by atoms with van der Waals surface area (Å²) >= 11 is 2.03. The molecule has 0 radical (unpaired) electrons. The molecule has 58 heavy (non-hydrogen) atoms. The van der Waals surface area contributed by atoms with Crippen molar-refractivity contribution in [3.05, 3.63) is 119 Å². The molecule has 4 amide bonds. The van der Waals surface area contributed by atoms with Gasteiger partial charge < -0.3 is 32.3 Å². The van der Waals surface area contributed by atoms with Gasteiger partial charge in [-0.25, -0.2) is 7.58 Å². The molecule has 310 valence electrons. The number of aromatic nitrogens is 2. The van der Waals surface area contributed by atoms with Gasteiger partial charge in [-0.1, -0.05) is 105 Å². The van der Waals surface area contributed by atoms with Gasteiger partial charge in [0.2, 0.25) is 23.6 Å². The molecule has 0 unspecified atom stereocenters. The van der Waals surface area contributed by atoms with E-state index in [9.17, 15) is 24.0 Å². The molecule has 3 aromatic carbocycles. The first-order chi connectivity index (χ1) is 27.9. The number of amides is 4. The number of nitrogens with zero attached hydrogens (tertiary/aromatic N) is 3. The largest absolute Gasteiger partial charge is 0.343 e. The Morgan fingerprint density at radius 3 is 1.86 bits per heavy atom. The first kappa shape index (κ1) is 44.3. The molecule has 0 saturated carbocycles. The zero-order chi connectivity index (χ0) is 41.6. The molecule has 14 heteroatoms. The van der Waals surface area contributed by atoms with Crippen LogP contribution in [0.25, 0.3) is 11.3 Å². The normalized spacial score (nSPS) is 15.3. The fraction of sp³-hybridized carbons (Fsp3) is 0.432. The molecule has 4 aromatic rings. The van der Waals surface area contributed by atoms with Gasteiger partial charge in [0, 0.05) is 37.3 Å². The summed E-state index contributed by atoms with van der Waals surface area (Å²) in [5.41, 5.74) is 15.5. The van der Waals surface area contributed by atoms with Crippen LogP contribution in [0.3, 0.4) is 0 Å². The quantitative estimate of drug-likeness (QED) is 0.0692. The van der Waals surface area contributed by atoms with Crippen LogP contribution >= 0.6 is 22.9 Å². The van der Waals surface area contributed by atoms with E-state index in [2.05, 4.69) is 16.0 Å².